The van der Waals surface area contributed by atoms with Crippen molar-refractivity contribution in [1.29, 1.82) is 0 Å². The molecule has 0 radical (unpaired) electrons. The average molecular weight is 1060 g/mol. The summed E-state index contributed by atoms with van der Waals surface area (Å²) in [5, 5.41) is 2.12. The highest BCUT2D eigenvalue weighted by Crippen LogP contribution is 2.50. The summed E-state index contributed by atoms with van der Waals surface area (Å²) in [7, 11) is 0. The number of ether oxygens (including phenoxy) is 1. The average Bonchev–Trinajstić information content (AvgIpc) is 1.47. The Morgan fingerprint density at radius 3 is 1.93 bits per heavy atom. The molecule has 13 aromatic rings. The highest BCUT2D eigenvalue weighted by Gasteiger charge is 2.30. The molecule has 1 aliphatic heterocycles. The monoisotopic (exact) mass is 1060 g/mol. The van der Waals surface area contributed by atoms with Crippen molar-refractivity contribution in [3.63, 3.8) is 0 Å². The van der Waals surface area contributed by atoms with E-state index in [9.17, 15) is 2.74 Å². The molecular weight excluding hydrogens is 985 g/mol. The van der Waals surface area contributed by atoms with Crippen LogP contribution in [0.3, 0.4) is 0 Å². The van der Waals surface area contributed by atoms with Gasteiger partial charge in [0.1, 0.15) is 17.3 Å². The van der Waals surface area contributed by atoms with E-state index >= 15 is 0 Å². The fraction of sp³-hybridized carbons (Fsp3) is 0.132. The lowest BCUT2D eigenvalue weighted by Crippen LogP contribution is -2.32. The Morgan fingerprint density at radius 1 is 0.481 bits per heavy atom. The van der Waals surface area contributed by atoms with Gasteiger partial charge in [-0.25, -0.2) is 4.98 Å². The van der Waals surface area contributed by atoms with Gasteiger partial charge in [0.25, 0.3) is 6.33 Å². The summed E-state index contributed by atoms with van der Waals surface area (Å²) in [4.78, 5) is 4.91. The fourth-order valence-corrected chi connectivity index (χ4v) is 11.9. The van der Waals surface area contributed by atoms with Crippen LogP contribution in [0.4, 0.5) is 0 Å². The molecule has 0 unspecified atom stereocenters. The molecule has 0 saturated carbocycles. The molecule has 1 aliphatic rings. The van der Waals surface area contributed by atoms with Crippen LogP contribution >= 0.6 is 0 Å². The third-order valence-electron chi connectivity index (χ3n) is 15.8. The van der Waals surface area contributed by atoms with Crippen molar-refractivity contribution in [2.75, 3.05) is 0 Å². The SMILES string of the molecule is [2H]c1c([2H])c([2H])c(-c2cccc3c2-c2ccccc2-c2cc(-c4ccc(C(C)(C)C)cc4)cc4c2[n+]([c-]n4-c2cccc(Oc4ccc5c6ccccc6n(-c6cc(C(C)(C)C)ccn6)c5c4)c2)-c2c-3cccc2-c2c(C([2H])([2H])[2H])cccc2C([2H])([2H])[2H])c([2H])c1[2H]. The van der Waals surface area contributed by atoms with E-state index in [0.717, 1.165) is 55.4 Å². The zero-order chi connectivity index (χ0) is 64.7. The van der Waals surface area contributed by atoms with E-state index in [1.165, 1.54) is 18.2 Å². The number of fused-ring (bicyclic) bond motifs is 10. The third kappa shape index (κ3) is 8.46. The largest absolute Gasteiger partial charge is 0.458 e. The van der Waals surface area contributed by atoms with Crippen molar-refractivity contribution >= 4 is 32.8 Å². The molecule has 5 heteroatoms. The summed E-state index contributed by atoms with van der Waals surface area (Å²) >= 11 is 0. The molecule has 0 saturated heterocycles. The maximum atomic E-state index is 9.42. The molecule has 0 spiro atoms. The molecule has 3 aromatic heterocycles. The number of nitrogens with zero attached hydrogens (tertiary/aromatic N) is 4. The molecule has 0 amide bonds. The second-order valence-electron chi connectivity index (χ2n) is 23.0. The highest BCUT2D eigenvalue weighted by molar-refractivity contribution is 6.10. The quantitative estimate of drug-likeness (QED) is 0.118. The number of hydrogen-bond acceptors (Lipinski definition) is 2. The molecule has 0 N–H and O–H groups in total. The van der Waals surface area contributed by atoms with Crippen LogP contribution in [0.1, 0.15) is 78.9 Å². The van der Waals surface area contributed by atoms with E-state index in [4.69, 9.17) is 22.1 Å². The lowest BCUT2D eigenvalue weighted by molar-refractivity contribution is -0.570. The fourth-order valence-electron chi connectivity index (χ4n) is 11.9. The summed E-state index contributed by atoms with van der Waals surface area (Å²) in [6.07, 6.45) is 5.67. The van der Waals surface area contributed by atoms with Gasteiger partial charge in [-0.3, -0.25) is 13.7 Å². The third-order valence-corrected chi connectivity index (χ3v) is 15.8. The first-order valence-corrected chi connectivity index (χ1v) is 27.3. The van der Waals surface area contributed by atoms with Gasteiger partial charge in [0.05, 0.1) is 40.3 Å². The van der Waals surface area contributed by atoms with E-state index in [1.807, 2.05) is 100 Å². The molecule has 0 atom stereocenters. The van der Waals surface area contributed by atoms with Crippen LogP contribution < -0.4 is 9.30 Å². The Morgan fingerprint density at radius 2 is 1.15 bits per heavy atom. The van der Waals surface area contributed by atoms with E-state index in [1.54, 1.807) is 24.3 Å². The van der Waals surface area contributed by atoms with E-state index in [0.29, 0.717) is 67.3 Å². The maximum absolute atomic E-state index is 9.42. The van der Waals surface area contributed by atoms with E-state index in [-0.39, 0.29) is 50.7 Å². The predicted molar refractivity (Wildman–Crippen MR) is 335 cm³/mol. The second kappa shape index (κ2) is 19.1. The molecule has 392 valence electrons. The maximum Gasteiger partial charge on any atom is 0.269 e. The van der Waals surface area contributed by atoms with Crippen LogP contribution in [0.2, 0.25) is 0 Å². The Kier molecular flexibility index (Phi) is 9.16. The highest BCUT2D eigenvalue weighted by atomic mass is 16.5. The van der Waals surface area contributed by atoms with E-state index in [2.05, 4.69) is 119 Å². The summed E-state index contributed by atoms with van der Waals surface area (Å²) in [5.41, 5.74) is 12.0. The van der Waals surface area contributed by atoms with Crippen LogP contribution in [0.25, 0.3) is 117 Å². The Bertz CT molecular complexity index is 5140. The number of imidazole rings is 1. The Balaban J connectivity index is 1.08. The van der Waals surface area contributed by atoms with Gasteiger partial charge in [0.2, 0.25) is 0 Å². The van der Waals surface area contributed by atoms with E-state index < -0.39 is 31.8 Å². The lowest BCUT2D eigenvalue weighted by Gasteiger charge is -2.22. The minimum Gasteiger partial charge on any atom is -0.458 e. The zero-order valence-corrected chi connectivity index (χ0v) is 45.7. The van der Waals surface area contributed by atoms with Gasteiger partial charge in [-0.15, -0.1) is 0 Å². The number of benzene rings is 10. The number of aromatic nitrogens is 4. The molecule has 5 nitrogen and oxygen atoms in total. The van der Waals surface area contributed by atoms with Crippen molar-refractivity contribution in [2.45, 2.75) is 66.1 Å². The van der Waals surface area contributed by atoms with Gasteiger partial charge in [-0.2, -0.15) is 0 Å². The smallest absolute Gasteiger partial charge is 0.269 e. The standard InChI is InChI=1S/C76H62N4O/c1-48-20-16-21-49(2)71(48)65-32-19-31-64-63-30-18-29-58(51-22-10-9-11-23-51)72(63)62-28-13-12-26-59(62)66-42-52(50-34-36-53(37-35-50)75(3,4)5)43-69-74(66)79(73(64)65)47-78(69)55-24-17-25-56(45-55)81-57-38-39-61-60-27-14-15-33-67(60)80(68(61)46-57)70-44-54(40-41-77-70)76(6,7)8/h9-46H,1-8H3/i1D3,2D3,9D,10D,11D,22D,23D. The number of aryl methyl sites for hydroxylation is 2. The zero-order valence-electron chi connectivity index (χ0n) is 56.7. The first-order valence-electron chi connectivity index (χ1n) is 32.8. The van der Waals surface area contributed by atoms with Gasteiger partial charge in [0.15, 0.2) is 0 Å². The van der Waals surface area contributed by atoms with Gasteiger partial charge < -0.3 is 4.74 Å². The van der Waals surface area contributed by atoms with Crippen molar-refractivity contribution in [1.82, 2.24) is 14.1 Å². The Hall–Kier alpha value is -9.58. The number of hydrogen-bond donors (Lipinski definition) is 0. The molecule has 10 aromatic carbocycles. The minimum absolute atomic E-state index is 0.00689. The summed E-state index contributed by atoms with van der Waals surface area (Å²) in [6.45, 7) is 7.51. The van der Waals surface area contributed by atoms with Gasteiger partial charge in [-0.05, 0) is 168 Å². The van der Waals surface area contributed by atoms with Crippen LogP contribution in [0.15, 0.2) is 231 Å². The van der Waals surface area contributed by atoms with Crippen molar-refractivity contribution in [3.05, 3.63) is 259 Å². The van der Waals surface area contributed by atoms with Gasteiger partial charge in [-0.1, -0.05) is 205 Å². The number of rotatable bonds is 7. The first kappa shape index (κ1) is 38.9. The predicted octanol–water partition coefficient (Wildman–Crippen LogP) is 19.5. The van der Waals surface area contributed by atoms with Crippen LogP contribution in [0, 0.1) is 20.0 Å². The second-order valence-corrected chi connectivity index (χ2v) is 23.0. The molecule has 14 rings (SSSR count). The van der Waals surface area contributed by atoms with Crippen molar-refractivity contribution in [3.8, 4) is 95.5 Å². The molecule has 4 heterocycles. The summed E-state index contributed by atoms with van der Waals surface area (Å²) in [6, 6.07) is 59.9. The number of pyridine rings is 1. The normalized spacial score (nSPS) is 14.5. The molecule has 0 aliphatic carbocycles. The topological polar surface area (TPSA) is 35.9 Å². The van der Waals surface area contributed by atoms with Crippen LogP contribution in [-0.4, -0.2) is 14.1 Å². The van der Waals surface area contributed by atoms with Crippen molar-refractivity contribution in [2.24, 2.45) is 0 Å². The minimum atomic E-state index is -2.79. The summed E-state index contributed by atoms with van der Waals surface area (Å²) < 4.78 is 112. The molecule has 81 heavy (non-hydrogen) atoms. The van der Waals surface area contributed by atoms with Crippen LogP contribution in [0.5, 0.6) is 11.5 Å². The van der Waals surface area contributed by atoms with Crippen molar-refractivity contribution < 1.29 is 24.4 Å². The van der Waals surface area contributed by atoms with Crippen LogP contribution in [-0.2, 0) is 10.8 Å². The molecule has 0 bridgehead atoms. The van der Waals surface area contributed by atoms with Gasteiger partial charge in [0, 0.05) is 31.3 Å². The first-order chi connectivity index (χ1) is 43.8. The van der Waals surface area contributed by atoms with Gasteiger partial charge >= 0.3 is 0 Å². The lowest BCUT2D eigenvalue weighted by atomic mass is 9.83. The Labute approximate surface area is 490 Å². The number of para-hydroxylation sites is 2. The molecule has 0 fully saturated rings. The molecular formula is C76H62N4O. The summed E-state index contributed by atoms with van der Waals surface area (Å²) in [5.74, 6) is 1.89.